The number of carbonyl (C=O) groups is 1. The standard InChI is InChI=1S/C10H12ClN3O3/c11-5-6-13(7-1-2-7)10(15)8-3-4-9(12-8)14(16)17/h3-4,7,12H,1-2,5-6H2. The van der Waals surface area contributed by atoms with Gasteiger partial charge in [0.25, 0.3) is 5.91 Å². The van der Waals surface area contributed by atoms with Gasteiger partial charge in [-0.05, 0) is 23.8 Å². The van der Waals surface area contributed by atoms with Crippen LogP contribution in [0.2, 0.25) is 0 Å². The predicted octanol–water partition coefficient (Wildman–Crippen LogP) is 1.77. The first-order chi connectivity index (χ1) is 8.13. The third-order valence-corrected chi connectivity index (χ3v) is 2.84. The molecule has 1 amide bonds. The molecule has 1 saturated carbocycles. The quantitative estimate of drug-likeness (QED) is 0.496. The number of halogens is 1. The first-order valence-electron chi connectivity index (χ1n) is 5.34. The third-order valence-electron chi connectivity index (χ3n) is 2.67. The maximum absolute atomic E-state index is 12.1. The zero-order valence-electron chi connectivity index (χ0n) is 9.06. The number of nitrogens with zero attached hydrogens (tertiary/aromatic N) is 2. The number of carbonyl (C=O) groups excluding carboxylic acids is 1. The summed E-state index contributed by atoms with van der Waals surface area (Å²) < 4.78 is 0. The summed E-state index contributed by atoms with van der Waals surface area (Å²) in [7, 11) is 0. The van der Waals surface area contributed by atoms with Gasteiger partial charge in [0.1, 0.15) is 0 Å². The van der Waals surface area contributed by atoms with E-state index in [4.69, 9.17) is 11.6 Å². The van der Waals surface area contributed by atoms with E-state index in [-0.39, 0.29) is 23.5 Å². The van der Waals surface area contributed by atoms with E-state index in [1.54, 1.807) is 4.90 Å². The highest BCUT2D eigenvalue weighted by atomic mass is 35.5. The molecule has 0 unspecified atom stereocenters. The number of aromatic nitrogens is 1. The molecule has 0 aliphatic heterocycles. The minimum absolute atomic E-state index is 0.171. The van der Waals surface area contributed by atoms with Gasteiger partial charge in [-0.3, -0.25) is 4.79 Å². The zero-order valence-corrected chi connectivity index (χ0v) is 9.81. The molecular formula is C10H12ClN3O3. The van der Waals surface area contributed by atoms with Crippen LogP contribution in [0.3, 0.4) is 0 Å². The maximum Gasteiger partial charge on any atom is 0.321 e. The molecule has 1 fully saturated rings. The van der Waals surface area contributed by atoms with Crippen LogP contribution in [0.15, 0.2) is 12.1 Å². The van der Waals surface area contributed by atoms with Crippen molar-refractivity contribution < 1.29 is 9.72 Å². The molecule has 0 saturated heterocycles. The van der Waals surface area contributed by atoms with E-state index >= 15 is 0 Å². The molecule has 0 aromatic carbocycles. The first-order valence-corrected chi connectivity index (χ1v) is 5.87. The van der Waals surface area contributed by atoms with Crippen molar-refractivity contribution in [1.82, 2.24) is 9.88 Å². The topological polar surface area (TPSA) is 79.2 Å². The number of nitro groups is 1. The minimum atomic E-state index is -0.556. The molecule has 1 aliphatic carbocycles. The van der Waals surface area contributed by atoms with Gasteiger partial charge in [0.15, 0.2) is 5.69 Å². The van der Waals surface area contributed by atoms with Gasteiger partial charge in [-0.1, -0.05) is 0 Å². The third kappa shape index (κ3) is 2.58. The number of aromatic amines is 1. The van der Waals surface area contributed by atoms with Crippen LogP contribution >= 0.6 is 11.6 Å². The molecule has 1 aliphatic rings. The summed E-state index contributed by atoms with van der Waals surface area (Å²) in [4.78, 5) is 26.2. The van der Waals surface area contributed by atoms with Gasteiger partial charge >= 0.3 is 5.82 Å². The fourth-order valence-corrected chi connectivity index (χ4v) is 1.88. The number of amides is 1. The molecule has 1 N–H and O–H groups in total. The lowest BCUT2D eigenvalue weighted by Gasteiger charge is -2.19. The number of nitrogens with one attached hydrogen (secondary N) is 1. The van der Waals surface area contributed by atoms with E-state index in [0.29, 0.717) is 12.4 Å². The lowest BCUT2D eigenvalue weighted by atomic mass is 10.3. The van der Waals surface area contributed by atoms with E-state index < -0.39 is 4.92 Å². The van der Waals surface area contributed by atoms with Crippen molar-refractivity contribution >= 4 is 23.3 Å². The van der Waals surface area contributed by atoms with Crippen LogP contribution in [-0.4, -0.2) is 39.2 Å². The Hall–Kier alpha value is -1.56. The smallest absolute Gasteiger partial charge is 0.321 e. The maximum atomic E-state index is 12.1. The van der Waals surface area contributed by atoms with E-state index in [2.05, 4.69) is 4.98 Å². The van der Waals surface area contributed by atoms with E-state index in [1.165, 1.54) is 12.1 Å². The number of H-pyrrole nitrogens is 1. The Morgan fingerprint density at radius 1 is 1.59 bits per heavy atom. The summed E-state index contributed by atoms with van der Waals surface area (Å²) in [5.41, 5.74) is 0.244. The van der Waals surface area contributed by atoms with Gasteiger partial charge in [0.05, 0.1) is 0 Å². The molecule has 17 heavy (non-hydrogen) atoms. The van der Waals surface area contributed by atoms with Gasteiger partial charge in [0, 0.05) is 24.5 Å². The van der Waals surface area contributed by atoms with Crippen LogP contribution in [0.1, 0.15) is 23.3 Å². The molecule has 0 bridgehead atoms. The fourth-order valence-electron chi connectivity index (χ4n) is 1.70. The molecule has 92 valence electrons. The average Bonchev–Trinajstić information content (AvgIpc) is 3.00. The first kappa shape index (κ1) is 11.9. The monoisotopic (exact) mass is 257 g/mol. The highest BCUT2D eigenvalue weighted by molar-refractivity contribution is 6.18. The summed E-state index contributed by atoms with van der Waals surface area (Å²) >= 11 is 5.64. The Bertz CT molecular complexity index is 442. The van der Waals surface area contributed by atoms with Crippen LogP contribution in [-0.2, 0) is 0 Å². The lowest BCUT2D eigenvalue weighted by molar-refractivity contribution is -0.389. The van der Waals surface area contributed by atoms with Gasteiger partial charge < -0.3 is 15.0 Å². The van der Waals surface area contributed by atoms with Crippen LogP contribution in [0.25, 0.3) is 0 Å². The molecule has 1 aromatic rings. The van der Waals surface area contributed by atoms with Gasteiger partial charge in [-0.25, -0.2) is 4.98 Å². The normalized spacial score (nSPS) is 14.6. The number of hydrogen-bond donors (Lipinski definition) is 1. The van der Waals surface area contributed by atoms with Crippen molar-refractivity contribution in [1.29, 1.82) is 0 Å². The van der Waals surface area contributed by atoms with Crippen molar-refractivity contribution in [3.8, 4) is 0 Å². The SMILES string of the molecule is O=C(c1ccc([N+](=O)[O-])[nH]1)N(CCCl)C1CC1. The summed E-state index contributed by atoms with van der Waals surface area (Å²) in [6.45, 7) is 0.470. The molecule has 0 atom stereocenters. The number of alkyl halides is 1. The summed E-state index contributed by atoms with van der Waals surface area (Å²) in [6.07, 6.45) is 1.96. The fraction of sp³-hybridized carbons (Fsp3) is 0.500. The largest absolute Gasteiger partial charge is 0.358 e. The minimum Gasteiger partial charge on any atom is -0.358 e. The predicted molar refractivity (Wildman–Crippen MR) is 62.2 cm³/mol. The van der Waals surface area contributed by atoms with E-state index in [0.717, 1.165) is 12.8 Å². The second kappa shape index (κ2) is 4.75. The summed E-state index contributed by atoms with van der Waals surface area (Å²) in [5.74, 6) is -0.0263. The second-order valence-electron chi connectivity index (χ2n) is 3.93. The highest BCUT2D eigenvalue weighted by Crippen LogP contribution is 2.28. The van der Waals surface area contributed by atoms with E-state index in [1.807, 2.05) is 0 Å². The molecule has 6 nitrogen and oxygen atoms in total. The van der Waals surface area contributed by atoms with Gasteiger partial charge in [-0.15, -0.1) is 11.6 Å². The Labute approximate surface area is 103 Å². The Kier molecular flexibility index (Phi) is 3.33. The molecular weight excluding hydrogens is 246 g/mol. The van der Waals surface area contributed by atoms with Crippen LogP contribution in [0.5, 0.6) is 0 Å². The van der Waals surface area contributed by atoms with Crippen LogP contribution in [0.4, 0.5) is 5.82 Å². The summed E-state index contributed by atoms with van der Waals surface area (Å²) in [5, 5.41) is 10.5. The summed E-state index contributed by atoms with van der Waals surface area (Å²) in [6, 6.07) is 2.96. The van der Waals surface area contributed by atoms with Crippen molar-refractivity contribution in [2.75, 3.05) is 12.4 Å². The van der Waals surface area contributed by atoms with Crippen molar-refractivity contribution in [2.24, 2.45) is 0 Å². The Morgan fingerprint density at radius 3 is 2.76 bits per heavy atom. The highest BCUT2D eigenvalue weighted by Gasteiger charge is 2.34. The molecule has 1 aromatic heterocycles. The molecule has 2 rings (SSSR count). The van der Waals surface area contributed by atoms with E-state index in [9.17, 15) is 14.9 Å². The zero-order chi connectivity index (χ0) is 12.4. The second-order valence-corrected chi connectivity index (χ2v) is 4.31. The average molecular weight is 258 g/mol. The lowest BCUT2D eigenvalue weighted by Crippen LogP contribution is -2.34. The Morgan fingerprint density at radius 2 is 2.29 bits per heavy atom. The molecule has 0 spiro atoms. The molecule has 7 heteroatoms. The van der Waals surface area contributed by atoms with Crippen molar-refractivity contribution in [3.63, 3.8) is 0 Å². The van der Waals surface area contributed by atoms with Gasteiger partial charge in [-0.2, -0.15) is 0 Å². The molecule has 0 radical (unpaired) electrons. The van der Waals surface area contributed by atoms with Crippen molar-refractivity contribution in [2.45, 2.75) is 18.9 Å². The van der Waals surface area contributed by atoms with Crippen LogP contribution < -0.4 is 0 Å². The van der Waals surface area contributed by atoms with Crippen LogP contribution in [0, 0.1) is 10.1 Å². The van der Waals surface area contributed by atoms with Gasteiger partial charge in [0.2, 0.25) is 0 Å². The number of hydrogen-bond acceptors (Lipinski definition) is 3. The van der Waals surface area contributed by atoms with Crippen molar-refractivity contribution in [3.05, 3.63) is 27.9 Å². The number of rotatable bonds is 5. The Balaban J connectivity index is 2.13. The molecule has 1 heterocycles.